The van der Waals surface area contributed by atoms with Crippen LogP contribution in [0.25, 0.3) is 0 Å². The third kappa shape index (κ3) is 2.08. The number of hydrogen-bond acceptors (Lipinski definition) is 3. The number of fused-ring (bicyclic) bond motifs is 1. The third-order valence-corrected chi connectivity index (χ3v) is 5.46. The molecule has 0 saturated heterocycles. The van der Waals surface area contributed by atoms with E-state index in [1.54, 1.807) is 12.5 Å². The summed E-state index contributed by atoms with van der Waals surface area (Å²) in [7, 11) is 0. The van der Waals surface area contributed by atoms with Crippen LogP contribution in [0, 0.1) is 11.3 Å². The highest BCUT2D eigenvalue weighted by molar-refractivity contribution is 6.30. The zero-order valence-corrected chi connectivity index (χ0v) is 13.2. The van der Waals surface area contributed by atoms with Crippen molar-refractivity contribution < 1.29 is 4.74 Å². The second-order valence-corrected chi connectivity index (χ2v) is 7.19. The Bertz CT molecular complexity index is 791. The molecular weight excluding hydrogens is 321 g/mol. The van der Waals surface area contributed by atoms with Gasteiger partial charge in [-0.25, -0.2) is 4.98 Å². The van der Waals surface area contributed by atoms with Crippen LogP contribution in [0.4, 0.5) is 0 Å². The predicted molar refractivity (Wildman–Crippen MR) is 83.3 cm³/mol. The van der Waals surface area contributed by atoms with Gasteiger partial charge in [0.2, 0.25) is 0 Å². The van der Waals surface area contributed by atoms with Crippen molar-refractivity contribution in [2.24, 2.45) is 0 Å². The maximum Gasteiger partial charge on any atom is 0.158 e. The molecule has 0 N–H and O–H groups in total. The smallest absolute Gasteiger partial charge is 0.158 e. The van der Waals surface area contributed by atoms with E-state index in [4.69, 9.17) is 33.2 Å². The Morgan fingerprint density at radius 3 is 2.91 bits per heavy atom. The Kier molecular flexibility index (Phi) is 2.94. The van der Waals surface area contributed by atoms with Gasteiger partial charge in [-0.1, -0.05) is 17.7 Å². The van der Waals surface area contributed by atoms with Crippen LogP contribution in [0.1, 0.15) is 24.1 Å². The monoisotopic (exact) mass is 333 g/mol. The van der Waals surface area contributed by atoms with Gasteiger partial charge in [-0.15, -0.1) is 11.6 Å². The molecule has 1 unspecified atom stereocenters. The van der Waals surface area contributed by atoms with Crippen LogP contribution < -0.4 is 4.74 Å². The maximum absolute atomic E-state index is 8.92. The summed E-state index contributed by atoms with van der Waals surface area (Å²) in [6, 6.07) is 7.75. The summed E-state index contributed by atoms with van der Waals surface area (Å²) in [5, 5.41) is 9.58. The molecule has 112 valence electrons. The molecule has 1 aromatic carbocycles. The van der Waals surface area contributed by atoms with Crippen molar-refractivity contribution in [2.45, 2.75) is 36.3 Å². The number of ether oxygens (including phenoxy) is 1. The standard InChI is InChI=1S/C16H13Cl2N3O/c17-12-2-1-11-6-16(15(18)3-4-15,22-14(11)5-12)9-21-8-13(7-19)20-10-21/h1-2,5,8,10H,3-4,6,9H2. The Hall–Kier alpha value is -1.70. The summed E-state index contributed by atoms with van der Waals surface area (Å²) in [5.74, 6) is 0.806. The molecule has 2 heterocycles. The van der Waals surface area contributed by atoms with E-state index in [2.05, 4.69) is 4.98 Å². The number of rotatable bonds is 3. The van der Waals surface area contributed by atoms with Gasteiger partial charge in [0.1, 0.15) is 17.4 Å². The van der Waals surface area contributed by atoms with E-state index in [1.807, 2.05) is 28.8 Å². The molecule has 2 aliphatic rings. The second kappa shape index (κ2) is 4.65. The Labute approximate surface area is 138 Å². The zero-order valence-electron chi connectivity index (χ0n) is 11.7. The van der Waals surface area contributed by atoms with Gasteiger partial charge in [0, 0.05) is 17.6 Å². The lowest BCUT2D eigenvalue weighted by molar-refractivity contribution is 0.0614. The van der Waals surface area contributed by atoms with E-state index >= 15 is 0 Å². The van der Waals surface area contributed by atoms with Crippen molar-refractivity contribution >= 4 is 23.2 Å². The van der Waals surface area contributed by atoms with Crippen LogP contribution in [-0.2, 0) is 13.0 Å². The normalized spacial score (nSPS) is 24.4. The first kappa shape index (κ1) is 13.9. The van der Waals surface area contributed by atoms with Gasteiger partial charge < -0.3 is 9.30 Å². The Morgan fingerprint density at radius 1 is 1.41 bits per heavy atom. The summed E-state index contributed by atoms with van der Waals surface area (Å²) in [5.41, 5.74) is 1.000. The lowest BCUT2D eigenvalue weighted by atomic mass is 9.91. The average Bonchev–Trinajstić information content (AvgIpc) is 2.97. The molecule has 1 fully saturated rings. The van der Waals surface area contributed by atoms with Crippen molar-refractivity contribution in [3.8, 4) is 11.8 Å². The van der Waals surface area contributed by atoms with Crippen molar-refractivity contribution in [3.05, 3.63) is 47.0 Å². The van der Waals surface area contributed by atoms with E-state index in [9.17, 15) is 0 Å². The highest BCUT2D eigenvalue weighted by atomic mass is 35.5. The van der Waals surface area contributed by atoms with Gasteiger partial charge in [0.15, 0.2) is 5.69 Å². The first-order valence-corrected chi connectivity index (χ1v) is 7.87. The van der Waals surface area contributed by atoms with E-state index in [-0.39, 0.29) is 4.87 Å². The van der Waals surface area contributed by atoms with E-state index in [0.717, 1.165) is 30.6 Å². The fourth-order valence-electron chi connectivity index (χ4n) is 3.17. The molecule has 4 rings (SSSR count). The summed E-state index contributed by atoms with van der Waals surface area (Å²) < 4.78 is 8.18. The van der Waals surface area contributed by atoms with Crippen molar-refractivity contribution in [1.82, 2.24) is 9.55 Å². The number of imidazole rings is 1. The van der Waals surface area contributed by atoms with Gasteiger partial charge in [-0.3, -0.25) is 0 Å². The van der Waals surface area contributed by atoms with Crippen molar-refractivity contribution in [1.29, 1.82) is 5.26 Å². The second-order valence-electron chi connectivity index (χ2n) is 6.03. The molecule has 1 aliphatic carbocycles. The molecule has 22 heavy (non-hydrogen) atoms. The molecule has 0 spiro atoms. The number of benzene rings is 1. The molecule has 2 aromatic rings. The fraction of sp³-hybridized carbons (Fsp3) is 0.375. The van der Waals surface area contributed by atoms with Crippen LogP contribution in [0.15, 0.2) is 30.7 Å². The number of halogens is 2. The van der Waals surface area contributed by atoms with Gasteiger partial charge in [-0.05, 0) is 30.5 Å². The van der Waals surface area contributed by atoms with Gasteiger partial charge in [0.05, 0.1) is 17.7 Å². The topological polar surface area (TPSA) is 50.8 Å². The molecule has 1 saturated carbocycles. The van der Waals surface area contributed by atoms with Crippen LogP contribution in [0.3, 0.4) is 0 Å². The van der Waals surface area contributed by atoms with E-state index in [0.29, 0.717) is 17.3 Å². The number of nitrogens with zero attached hydrogens (tertiary/aromatic N) is 3. The zero-order chi connectivity index (χ0) is 15.4. The summed E-state index contributed by atoms with van der Waals surface area (Å²) in [4.78, 5) is 3.69. The molecule has 0 amide bonds. The molecule has 1 aliphatic heterocycles. The highest BCUT2D eigenvalue weighted by Crippen LogP contribution is 2.57. The largest absolute Gasteiger partial charge is 0.483 e. The highest BCUT2D eigenvalue weighted by Gasteiger charge is 2.62. The van der Waals surface area contributed by atoms with Crippen molar-refractivity contribution in [2.75, 3.05) is 0 Å². The van der Waals surface area contributed by atoms with Crippen LogP contribution in [0.5, 0.6) is 5.75 Å². The lowest BCUT2D eigenvalue weighted by Crippen LogP contribution is -2.49. The van der Waals surface area contributed by atoms with E-state index in [1.165, 1.54) is 0 Å². The van der Waals surface area contributed by atoms with Crippen LogP contribution in [0.2, 0.25) is 5.02 Å². The van der Waals surface area contributed by atoms with E-state index < -0.39 is 5.60 Å². The Morgan fingerprint density at radius 2 is 2.23 bits per heavy atom. The molecule has 0 radical (unpaired) electrons. The van der Waals surface area contributed by atoms with Gasteiger partial charge >= 0.3 is 0 Å². The number of aromatic nitrogens is 2. The van der Waals surface area contributed by atoms with Crippen LogP contribution >= 0.6 is 23.2 Å². The molecule has 0 bridgehead atoms. The first-order valence-electron chi connectivity index (χ1n) is 7.12. The van der Waals surface area contributed by atoms with Gasteiger partial charge in [-0.2, -0.15) is 5.26 Å². The molecule has 1 atom stereocenters. The molecule has 4 nitrogen and oxygen atoms in total. The maximum atomic E-state index is 8.92. The number of nitriles is 1. The van der Waals surface area contributed by atoms with Gasteiger partial charge in [0.25, 0.3) is 0 Å². The lowest BCUT2D eigenvalue weighted by Gasteiger charge is -2.34. The SMILES string of the molecule is N#Cc1cn(CC2(C3(Cl)CC3)Cc3ccc(Cl)cc3O2)cn1. The fourth-order valence-corrected chi connectivity index (χ4v) is 3.59. The van der Waals surface area contributed by atoms with Crippen LogP contribution in [-0.4, -0.2) is 20.0 Å². The number of alkyl halides is 1. The minimum absolute atomic E-state index is 0.366. The average molecular weight is 334 g/mol. The first-order chi connectivity index (χ1) is 10.5. The molecular formula is C16H13Cl2N3O. The molecule has 6 heteroatoms. The van der Waals surface area contributed by atoms with Crippen molar-refractivity contribution in [3.63, 3.8) is 0 Å². The summed E-state index contributed by atoms with van der Waals surface area (Å²) in [6.45, 7) is 0.567. The Balaban J connectivity index is 1.70. The molecule has 1 aromatic heterocycles. The minimum atomic E-state index is -0.519. The summed E-state index contributed by atoms with van der Waals surface area (Å²) >= 11 is 12.8. The quantitative estimate of drug-likeness (QED) is 0.807. The summed E-state index contributed by atoms with van der Waals surface area (Å²) in [6.07, 6.45) is 5.97. The third-order valence-electron chi connectivity index (χ3n) is 4.50. The number of hydrogen-bond donors (Lipinski definition) is 0. The minimum Gasteiger partial charge on any atom is -0.483 e. The predicted octanol–water partition coefficient (Wildman–Crippen LogP) is 3.55.